The van der Waals surface area contributed by atoms with E-state index in [-0.39, 0.29) is 5.41 Å². The smallest absolute Gasteiger partial charge is 0.137 e. The minimum atomic E-state index is -1.000. The molecule has 0 saturated carbocycles. The number of hydrogen-bond acceptors (Lipinski definition) is 4. The summed E-state index contributed by atoms with van der Waals surface area (Å²) in [5.74, 6) is 0. The fourth-order valence-electron chi connectivity index (χ4n) is 2.35. The second-order valence-electron chi connectivity index (χ2n) is 6.10. The normalized spacial score (nSPS) is 15.2. The maximum Gasteiger partial charge on any atom is 0.137 e. The molecule has 5 heteroatoms. The molecule has 0 amide bonds. The van der Waals surface area contributed by atoms with Gasteiger partial charge in [-0.1, -0.05) is 26.8 Å². The Morgan fingerprint density at radius 1 is 1.26 bits per heavy atom. The second-order valence-corrected chi connectivity index (χ2v) is 6.10. The van der Waals surface area contributed by atoms with Crippen LogP contribution in [0, 0.1) is 5.41 Å². The molecule has 0 fully saturated rings. The predicted molar refractivity (Wildman–Crippen MR) is 72.2 cm³/mol. The summed E-state index contributed by atoms with van der Waals surface area (Å²) in [5.41, 5.74) is -0.203. The minimum Gasteiger partial charge on any atom is -0.383 e. The van der Waals surface area contributed by atoms with Crippen molar-refractivity contribution in [2.24, 2.45) is 5.41 Å². The fourth-order valence-corrected chi connectivity index (χ4v) is 2.35. The average molecular weight is 260 g/mol. The Morgan fingerprint density at radius 3 is 2.58 bits per heavy atom. The lowest BCUT2D eigenvalue weighted by atomic mass is 9.78. The SMILES string of the molecule is CC(C)(C)C[C@@](O)(Cn1cncn1)c1cccnc1. The summed E-state index contributed by atoms with van der Waals surface area (Å²) in [4.78, 5) is 8.03. The predicted octanol–water partition coefficient (Wildman–Crippen LogP) is 2.00. The molecule has 0 aromatic carbocycles. The van der Waals surface area contributed by atoms with Crippen LogP contribution >= 0.6 is 0 Å². The lowest BCUT2D eigenvalue weighted by Crippen LogP contribution is -2.36. The van der Waals surface area contributed by atoms with Gasteiger partial charge in [0.1, 0.15) is 18.3 Å². The second kappa shape index (κ2) is 5.09. The Hall–Kier alpha value is -1.75. The Balaban J connectivity index is 2.32. The molecule has 5 nitrogen and oxygen atoms in total. The molecular formula is C14H20N4O. The van der Waals surface area contributed by atoms with E-state index in [1.54, 1.807) is 23.4 Å². The van der Waals surface area contributed by atoms with Crippen molar-refractivity contribution in [1.29, 1.82) is 0 Å². The van der Waals surface area contributed by atoms with Gasteiger partial charge in [0.05, 0.1) is 6.54 Å². The van der Waals surface area contributed by atoms with E-state index in [1.807, 2.05) is 12.1 Å². The number of aromatic nitrogens is 4. The Kier molecular flexibility index (Phi) is 3.66. The summed E-state index contributed by atoms with van der Waals surface area (Å²) in [6.07, 6.45) is 7.12. The van der Waals surface area contributed by atoms with Crippen LogP contribution in [0.5, 0.6) is 0 Å². The van der Waals surface area contributed by atoms with Crippen LogP contribution in [0.15, 0.2) is 37.2 Å². The third-order valence-corrected chi connectivity index (χ3v) is 2.91. The molecule has 1 N–H and O–H groups in total. The number of hydrogen-bond donors (Lipinski definition) is 1. The maximum absolute atomic E-state index is 11.1. The van der Waals surface area contributed by atoms with Gasteiger partial charge in [-0.2, -0.15) is 5.10 Å². The van der Waals surface area contributed by atoms with Crippen LogP contribution in [0.2, 0.25) is 0 Å². The molecule has 2 aromatic heterocycles. The lowest BCUT2D eigenvalue weighted by Gasteiger charge is -2.34. The lowest BCUT2D eigenvalue weighted by molar-refractivity contribution is -0.0218. The summed E-state index contributed by atoms with van der Waals surface area (Å²) in [6, 6.07) is 3.74. The van der Waals surface area contributed by atoms with E-state index in [0.29, 0.717) is 13.0 Å². The van der Waals surface area contributed by atoms with Gasteiger partial charge in [-0.3, -0.25) is 4.98 Å². The molecule has 102 valence electrons. The first-order chi connectivity index (χ1) is 8.89. The standard InChI is InChI=1S/C14H20N4O/c1-13(2,3)8-14(19,9-18-11-16-10-17-18)12-5-4-6-15-7-12/h4-7,10-11,19H,8-9H2,1-3H3/t14-/m1/s1. The largest absolute Gasteiger partial charge is 0.383 e. The van der Waals surface area contributed by atoms with Crippen LogP contribution in [0.4, 0.5) is 0 Å². The molecule has 2 heterocycles. The highest BCUT2D eigenvalue weighted by molar-refractivity contribution is 5.18. The zero-order valence-corrected chi connectivity index (χ0v) is 11.6. The van der Waals surface area contributed by atoms with Crippen LogP contribution in [0.1, 0.15) is 32.8 Å². The van der Waals surface area contributed by atoms with Crippen molar-refractivity contribution in [3.8, 4) is 0 Å². The molecule has 19 heavy (non-hydrogen) atoms. The zero-order valence-electron chi connectivity index (χ0n) is 11.6. The van der Waals surface area contributed by atoms with Crippen molar-refractivity contribution < 1.29 is 5.11 Å². The van der Waals surface area contributed by atoms with Gasteiger partial charge in [0.25, 0.3) is 0 Å². The average Bonchev–Trinajstić information content (AvgIpc) is 2.80. The van der Waals surface area contributed by atoms with E-state index >= 15 is 0 Å². The first-order valence-electron chi connectivity index (χ1n) is 6.34. The molecule has 0 saturated heterocycles. The topological polar surface area (TPSA) is 63.8 Å². The van der Waals surface area contributed by atoms with Crippen molar-refractivity contribution in [3.05, 3.63) is 42.7 Å². The Labute approximate surface area is 113 Å². The Bertz CT molecular complexity index is 504. The maximum atomic E-state index is 11.1. The summed E-state index contributed by atoms with van der Waals surface area (Å²) in [5, 5.41) is 15.1. The van der Waals surface area contributed by atoms with Crippen molar-refractivity contribution in [3.63, 3.8) is 0 Å². The molecule has 0 unspecified atom stereocenters. The molecule has 0 aliphatic rings. The third-order valence-electron chi connectivity index (χ3n) is 2.91. The summed E-state index contributed by atoms with van der Waals surface area (Å²) >= 11 is 0. The van der Waals surface area contributed by atoms with Crippen LogP contribution in [0.3, 0.4) is 0 Å². The third kappa shape index (κ3) is 3.61. The quantitative estimate of drug-likeness (QED) is 0.913. The molecule has 0 bridgehead atoms. The number of aliphatic hydroxyl groups is 1. The van der Waals surface area contributed by atoms with Crippen molar-refractivity contribution in [2.75, 3.05) is 0 Å². The van der Waals surface area contributed by atoms with E-state index < -0.39 is 5.60 Å². The Morgan fingerprint density at radius 2 is 2.05 bits per heavy atom. The number of nitrogens with zero attached hydrogens (tertiary/aromatic N) is 4. The zero-order chi connectivity index (χ0) is 13.9. The fraction of sp³-hybridized carbons (Fsp3) is 0.500. The molecule has 0 aliphatic heterocycles. The van der Waals surface area contributed by atoms with Gasteiger partial charge in [0, 0.05) is 18.0 Å². The van der Waals surface area contributed by atoms with Crippen LogP contribution < -0.4 is 0 Å². The van der Waals surface area contributed by atoms with Crippen molar-refractivity contribution >= 4 is 0 Å². The summed E-state index contributed by atoms with van der Waals surface area (Å²) in [7, 11) is 0. The van der Waals surface area contributed by atoms with E-state index in [1.165, 1.54) is 6.33 Å². The van der Waals surface area contributed by atoms with Gasteiger partial charge in [0.2, 0.25) is 0 Å². The molecule has 0 spiro atoms. The van der Waals surface area contributed by atoms with Crippen molar-refractivity contribution in [1.82, 2.24) is 19.7 Å². The van der Waals surface area contributed by atoms with Crippen LogP contribution in [0.25, 0.3) is 0 Å². The van der Waals surface area contributed by atoms with Gasteiger partial charge < -0.3 is 5.11 Å². The molecular weight excluding hydrogens is 240 g/mol. The van der Waals surface area contributed by atoms with E-state index in [4.69, 9.17) is 0 Å². The first kappa shape index (κ1) is 13.7. The molecule has 2 rings (SSSR count). The van der Waals surface area contributed by atoms with Gasteiger partial charge in [-0.15, -0.1) is 0 Å². The minimum absolute atomic E-state index is 0.00876. The summed E-state index contributed by atoms with van der Waals surface area (Å²) in [6.45, 7) is 6.69. The van der Waals surface area contributed by atoms with Gasteiger partial charge in [0.15, 0.2) is 0 Å². The van der Waals surface area contributed by atoms with Gasteiger partial charge in [-0.25, -0.2) is 9.67 Å². The monoisotopic (exact) mass is 260 g/mol. The van der Waals surface area contributed by atoms with E-state index in [9.17, 15) is 5.11 Å². The van der Waals surface area contributed by atoms with Crippen molar-refractivity contribution in [2.45, 2.75) is 39.3 Å². The molecule has 2 aromatic rings. The van der Waals surface area contributed by atoms with Crippen LogP contribution in [-0.2, 0) is 12.1 Å². The molecule has 1 atom stereocenters. The number of pyridine rings is 1. The highest BCUT2D eigenvalue weighted by atomic mass is 16.3. The number of rotatable bonds is 4. The highest BCUT2D eigenvalue weighted by Gasteiger charge is 2.35. The van der Waals surface area contributed by atoms with E-state index in [0.717, 1.165) is 5.56 Å². The summed E-state index contributed by atoms with van der Waals surface area (Å²) < 4.78 is 1.65. The van der Waals surface area contributed by atoms with E-state index in [2.05, 4.69) is 35.8 Å². The van der Waals surface area contributed by atoms with Gasteiger partial charge in [-0.05, 0) is 17.9 Å². The van der Waals surface area contributed by atoms with Crippen LogP contribution in [-0.4, -0.2) is 24.9 Å². The first-order valence-corrected chi connectivity index (χ1v) is 6.34. The highest BCUT2D eigenvalue weighted by Crippen LogP contribution is 2.35. The molecule has 0 aliphatic carbocycles. The van der Waals surface area contributed by atoms with Gasteiger partial charge >= 0.3 is 0 Å². The molecule has 0 radical (unpaired) electrons.